The first-order valence-corrected chi connectivity index (χ1v) is 6.43. The molecule has 0 radical (unpaired) electrons. The zero-order chi connectivity index (χ0) is 11.5. The lowest BCUT2D eigenvalue weighted by molar-refractivity contribution is 0.453. The number of nitrogens with zero attached hydrogens (tertiary/aromatic N) is 2. The number of aromatic nitrogens is 2. The van der Waals surface area contributed by atoms with Crippen molar-refractivity contribution in [3.63, 3.8) is 0 Å². The van der Waals surface area contributed by atoms with Gasteiger partial charge in [0, 0.05) is 19.3 Å². The molecule has 0 aromatic carbocycles. The van der Waals surface area contributed by atoms with Crippen LogP contribution in [-0.4, -0.2) is 22.4 Å². The highest BCUT2D eigenvalue weighted by atomic mass is 15.2. The van der Waals surface area contributed by atoms with E-state index in [9.17, 15) is 0 Å². The molecular weight excluding hydrogens is 198 g/mol. The average Bonchev–Trinajstić information content (AvgIpc) is 3.01. The minimum absolute atomic E-state index is 0.747. The van der Waals surface area contributed by atoms with Crippen molar-refractivity contribution in [2.75, 3.05) is 6.54 Å². The summed E-state index contributed by atoms with van der Waals surface area (Å²) in [5.41, 5.74) is 2.55. The highest BCUT2D eigenvalue weighted by Gasteiger charge is 2.29. The van der Waals surface area contributed by atoms with Crippen LogP contribution < -0.4 is 5.32 Å². The fourth-order valence-corrected chi connectivity index (χ4v) is 2.43. The van der Waals surface area contributed by atoms with Crippen LogP contribution in [0, 0.1) is 12.8 Å². The van der Waals surface area contributed by atoms with Crippen molar-refractivity contribution in [2.24, 2.45) is 13.0 Å². The predicted molar refractivity (Wildman–Crippen MR) is 66.5 cm³/mol. The van der Waals surface area contributed by atoms with Crippen molar-refractivity contribution in [2.45, 2.75) is 45.6 Å². The molecule has 0 aliphatic heterocycles. The molecule has 1 aliphatic carbocycles. The lowest BCUT2D eigenvalue weighted by atomic mass is 10.1. The van der Waals surface area contributed by atoms with Crippen molar-refractivity contribution >= 4 is 0 Å². The normalized spacial score (nSPS) is 17.7. The summed E-state index contributed by atoms with van der Waals surface area (Å²) in [4.78, 5) is 0. The Morgan fingerprint density at radius 3 is 2.81 bits per heavy atom. The van der Waals surface area contributed by atoms with E-state index in [4.69, 9.17) is 0 Å². The Morgan fingerprint density at radius 1 is 1.56 bits per heavy atom. The molecule has 2 rings (SSSR count). The average molecular weight is 221 g/mol. The maximum absolute atomic E-state index is 4.37. The van der Waals surface area contributed by atoms with E-state index in [2.05, 4.69) is 30.5 Å². The number of nitrogens with one attached hydrogen (secondary N) is 1. The quantitative estimate of drug-likeness (QED) is 0.797. The van der Waals surface area contributed by atoms with Crippen molar-refractivity contribution in [1.29, 1.82) is 0 Å². The van der Waals surface area contributed by atoms with E-state index in [0.717, 1.165) is 24.9 Å². The minimum atomic E-state index is 0.747. The van der Waals surface area contributed by atoms with Gasteiger partial charge >= 0.3 is 0 Å². The van der Waals surface area contributed by atoms with Gasteiger partial charge in [-0.05, 0) is 50.6 Å². The number of rotatable bonds is 6. The standard InChI is InChI=1S/C13H23N3/c1-4-13(11-5-6-11)14-8-7-12-9-16(3)15-10(12)2/h9,11,13-14H,4-8H2,1-3H3. The Morgan fingerprint density at radius 2 is 2.31 bits per heavy atom. The molecule has 0 spiro atoms. The maximum Gasteiger partial charge on any atom is 0.0626 e. The summed E-state index contributed by atoms with van der Waals surface area (Å²) in [6.07, 6.45) is 7.35. The van der Waals surface area contributed by atoms with E-state index < -0.39 is 0 Å². The summed E-state index contributed by atoms with van der Waals surface area (Å²) in [5.74, 6) is 0.958. The predicted octanol–water partition coefficient (Wildman–Crippen LogP) is 2.05. The number of hydrogen-bond donors (Lipinski definition) is 1. The highest BCUT2D eigenvalue weighted by molar-refractivity contribution is 5.15. The minimum Gasteiger partial charge on any atom is -0.313 e. The molecule has 0 bridgehead atoms. The van der Waals surface area contributed by atoms with E-state index in [1.165, 1.54) is 30.5 Å². The van der Waals surface area contributed by atoms with E-state index in [0.29, 0.717) is 0 Å². The van der Waals surface area contributed by atoms with Gasteiger partial charge in [-0.3, -0.25) is 4.68 Å². The van der Waals surface area contributed by atoms with Crippen LogP contribution in [0.5, 0.6) is 0 Å². The number of aryl methyl sites for hydroxylation is 2. The van der Waals surface area contributed by atoms with Gasteiger partial charge in [-0.2, -0.15) is 5.10 Å². The Bertz CT molecular complexity index is 339. The van der Waals surface area contributed by atoms with Gasteiger partial charge < -0.3 is 5.32 Å². The van der Waals surface area contributed by atoms with Gasteiger partial charge in [0.15, 0.2) is 0 Å². The third-order valence-electron chi connectivity index (χ3n) is 3.55. The van der Waals surface area contributed by atoms with Gasteiger partial charge in [0.2, 0.25) is 0 Å². The molecule has 1 N–H and O–H groups in total. The monoisotopic (exact) mass is 221 g/mol. The van der Waals surface area contributed by atoms with Crippen LogP contribution in [0.2, 0.25) is 0 Å². The molecule has 3 heteroatoms. The molecule has 0 saturated heterocycles. The fourth-order valence-electron chi connectivity index (χ4n) is 2.43. The molecule has 1 heterocycles. The van der Waals surface area contributed by atoms with Crippen LogP contribution >= 0.6 is 0 Å². The highest BCUT2D eigenvalue weighted by Crippen LogP contribution is 2.33. The van der Waals surface area contributed by atoms with E-state index >= 15 is 0 Å². The van der Waals surface area contributed by atoms with Crippen molar-refractivity contribution in [3.8, 4) is 0 Å². The molecule has 1 aromatic rings. The number of hydrogen-bond acceptors (Lipinski definition) is 2. The van der Waals surface area contributed by atoms with Gasteiger partial charge in [0.05, 0.1) is 5.69 Å². The summed E-state index contributed by atoms with van der Waals surface area (Å²) in [7, 11) is 1.99. The molecule has 0 amide bonds. The fraction of sp³-hybridized carbons (Fsp3) is 0.769. The molecule has 16 heavy (non-hydrogen) atoms. The summed E-state index contributed by atoms with van der Waals surface area (Å²) < 4.78 is 1.91. The molecule has 3 nitrogen and oxygen atoms in total. The first-order valence-electron chi connectivity index (χ1n) is 6.43. The van der Waals surface area contributed by atoms with Crippen LogP contribution in [0.3, 0.4) is 0 Å². The molecule has 90 valence electrons. The molecule has 1 fully saturated rings. The topological polar surface area (TPSA) is 29.9 Å². The summed E-state index contributed by atoms with van der Waals surface area (Å²) in [6, 6.07) is 0.747. The van der Waals surface area contributed by atoms with Gasteiger partial charge in [-0.25, -0.2) is 0 Å². The van der Waals surface area contributed by atoms with Crippen LogP contribution in [0.1, 0.15) is 37.4 Å². The van der Waals surface area contributed by atoms with Gasteiger partial charge in [-0.15, -0.1) is 0 Å². The molecule has 1 unspecified atom stereocenters. The summed E-state index contributed by atoms with van der Waals surface area (Å²) >= 11 is 0. The second-order valence-corrected chi connectivity index (χ2v) is 4.97. The Hall–Kier alpha value is -0.830. The van der Waals surface area contributed by atoms with Crippen molar-refractivity contribution in [3.05, 3.63) is 17.5 Å². The first-order chi connectivity index (χ1) is 7.70. The second-order valence-electron chi connectivity index (χ2n) is 4.97. The Balaban J connectivity index is 1.76. The zero-order valence-corrected chi connectivity index (χ0v) is 10.7. The lowest BCUT2D eigenvalue weighted by Crippen LogP contribution is -2.32. The molecular formula is C13H23N3. The molecule has 1 aromatic heterocycles. The summed E-state index contributed by atoms with van der Waals surface area (Å²) in [6.45, 7) is 5.46. The van der Waals surface area contributed by atoms with Crippen molar-refractivity contribution < 1.29 is 0 Å². The van der Waals surface area contributed by atoms with Crippen LogP contribution in [-0.2, 0) is 13.5 Å². The largest absolute Gasteiger partial charge is 0.313 e. The van der Waals surface area contributed by atoms with E-state index in [1.54, 1.807) is 0 Å². The molecule has 1 aliphatic rings. The van der Waals surface area contributed by atoms with Crippen molar-refractivity contribution in [1.82, 2.24) is 15.1 Å². The maximum atomic E-state index is 4.37. The third-order valence-corrected chi connectivity index (χ3v) is 3.55. The molecule has 1 saturated carbocycles. The first kappa shape index (κ1) is 11.6. The summed E-state index contributed by atoms with van der Waals surface area (Å²) in [5, 5.41) is 8.04. The van der Waals surface area contributed by atoms with E-state index in [-0.39, 0.29) is 0 Å². The second kappa shape index (κ2) is 5.00. The van der Waals surface area contributed by atoms with Crippen LogP contribution in [0.25, 0.3) is 0 Å². The van der Waals surface area contributed by atoms with Gasteiger partial charge in [0.25, 0.3) is 0 Å². The zero-order valence-electron chi connectivity index (χ0n) is 10.7. The van der Waals surface area contributed by atoms with Crippen LogP contribution in [0.4, 0.5) is 0 Å². The SMILES string of the molecule is CCC(NCCc1cn(C)nc1C)C1CC1. The lowest BCUT2D eigenvalue weighted by Gasteiger charge is -2.15. The third kappa shape index (κ3) is 2.85. The van der Waals surface area contributed by atoms with E-state index in [1.807, 2.05) is 11.7 Å². The van der Waals surface area contributed by atoms with Gasteiger partial charge in [-0.1, -0.05) is 6.92 Å². The Kier molecular flexibility index (Phi) is 3.64. The molecule has 1 atom stereocenters. The van der Waals surface area contributed by atoms with Crippen LogP contribution in [0.15, 0.2) is 6.20 Å². The smallest absolute Gasteiger partial charge is 0.0626 e. The van der Waals surface area contributed by atoms with Gasteiger partial charge in [0.1, 0.15) is 0 Å². The Labute approximate surface area is 98.2 Å².